The third kappa shape index (κ3) is 4.82. The molecular formula is C27H33N3O4S. The molecule has 0 aromatic heterocycles. The maximum Gasteiger partial charge on any atom is 0.252 e. The van der Waals surface area contributed by atoms with E-state index in [0.717, 1.165) is 28.0 Å². The normalized spacial score (nSPS) is 18.6. The molecular weight excluding hydrogens is 462 g/mol. The average Bonchev–Trinajstić information content (AvgIpc) is 3.05. The Balaban J connectivity index is 1.85. The molecule has 2 aromatic rings. The molecule has 186 valence electrons. The fourth-order valence-corrected chi connectivity index (χ4v) is 5.45. The Labute approximate surface area is 209 Å². The molecule has 2 aromatic carbocycles. The average molecular weight is 496 g/mol. The minimum atomic E-state index is -1.20. The standard InChI is InChI=1S/C27H33N3O4S/c1-25(2)13-17-12-19(35(7)33)22-18(14-26(3,4)34-22)20(17)21(29-25)15-9-8-10-16(11-15)23(31)30-27(5,6)24(28)32/h8-12H,13-14H2,1-7H3,(H2,28,32)(H,30,31). The smallest absolute Gasteiger partial charge is 0.252 e. The van der Waals surface area contributed by atoms with Gasteiger partial charge in [-0.05, 0) is 76.8 Å². The minimum Gasteiger partial charge on any atom is -0.612 e. The van der Waals surface area contributed by atoms with Gasteiger partial charge in [0.1, 0.15) is 17.4 Å². The maximum absolute atomic E-state index is 13.0. The van der Waals surface area contributed by atoms with Gasteiger partial charge in [-0.25, -0.2) is 0 Å². The Morgan fingerprint density at radius 2 is 1.86 bits per heavy atom. The highest BCUT2D eigenvalue weighted by atomic mass is 32.2. The number of carbonyl (C=O) groups excluding carboxylic acids is 2. The third-order valence-corrected chi connectivity index (χ3v) is 7.35. The topological polar surface area (TPSA) is 117 Å². The van der Waals surface area contributed by atoms with Gasteiger partial charge >= 0.3 is 0 Å². The summed E-state index contributed by atoms with van der Waals surface area (Å²) in [6.45, 7) is 11.3. The molecule has 0 aliphatic carbocycles. The minimum absolute atomic E-state index is 0.385. The van der Waals surface area contributed by atoms with E-state index in [0.29, 0.717) is 29.1 Å². The molecule has 0 bridgehead atoms. The van der Waals surface area contributed by atoms with Gasteiger partial charge in [0.2, 0.25) is 5.91 Å². The SMILES string of the molecule is C[S+]([O-])c1cc2c(c3c1OC(C)(C)C3)C(c1cccc(C(=O)NC(C)(C)C(N)=O)c1)=NC(C)(C)C2. The number of aliphatic imine (C=N–C) groups is 1. The van der Waals surface area contributed by atoms with Crippen molar-refractivity contribution in [2.24, 2.45) is 10.7 Å². The number of benzene rings is 2. The molecule has 2 aliphatic rings. The van der Waals surface area contributed by atoms with Gasteiger partial charge in [-0.2, -0.15) is 0 Å². The molecule has 7 nitrogen and oxygen atoms in total. The van der Waals surface area contributed by atoms with Crippen LogP contribution in [-0.4, -0.2) is 45.0 Å². The lowest BCUT2D eigenvalue weighted by atomic mass is 9.81. The van der Waals surface area contributed by atoms with Crippen LogP contribution in [-0.2, 0) is 28.8 Å². The Hall–Kier alpha value is -2.84. The van der Waals surface area contributed by atoms with Crippen molar-refractivity contribution >= 4 is 28.7 Å². The van der Waals surface area contributed by atoms with E-state index in [1.165, 1.54) is 0 Å². The number of nitrogens with two attached hydrogens (primary N) is 1. The zero-order valence-electron chi connectivity index (χ0n) is 21.4. The molecule has 1 unspecified atom stereocenters. The molecule has 0 radical (unpaired) electrons. The van der Waals surface area contributed by atoms with E-state index in [1.807, 2.05) is 26.0 Å². The van der Waals surface area contributed by atoms with Gasteiger partial charge in [0.25, 0.3) is 5.91 Å². The first kappa shape index (κ1) is 25.3. The van der Waals surface area contributed by atoms with E-state index in [2.05, 4.69) is 19.2 Å². The molecule has 8 heteroatoms. The molecule has 2 heterocycles. The second kappa shape index (κ2) is 8.38. The lowest BCUT2D eigenvalue weighted by Crippen LogP contribution is -2.53. The molecule has 3 N–H and O–H groups in total. The van der Waals surface area contributed by atoms with Crippen LogP contribution in [0, 0.1) is 0 Å². The summed E-state index contributed by atoms with van der Waals surface area (Å²) in [6.07, 6.45) is 3.05. The van der Waals surface area contributed by atoms with E-state index >= 15 is 0 Å². The Kier molecular flexibility index (Phi) is 6.05. The van der Waals surface area contributed by atoms with Crippen LogP contribution in [0.4, 0.5) is 0 Å². The Morgan fingerprint density at radius 3 is 2.49 bits per heavy atom. The predicted octanol–water partition coefficient (Wildman–Crippen LogP) is 3.30. The second-order valence-corrected chi connectivity index (χ2v) is 12.5. The van der Waals surface area contributed by atoms with Crippen LogP contribution in [0.5, 0.6) is 5.75 Å². The van der Waals surface area contributed by atoms with Crippen molar-refractivity contribution in [3.8, 4) is 5.75 Å². The molecule has 35 heavy (non-hydrogen) atoms. The number of hydrogen-bond donors (Lipinski definition) is 2. The van der Waals surface area contributed by atoms with Gasteiger partial charge in [0, 0.05) is 34.7 Å². The van der Waals surface area contributed by atoms with E-state index < -0.39 is 34.1 Å². The first-order valence-corrected chi connectivity index (χ1v) is 13.2. The van der Waals surface area contributed by atoms with Gasteiger partial charge in [0.15, 0.2) is 10.6 Å². The van der Waals surface area contributed by atoms with Crippen LogP contribution < -0.4 is 15.8 Å². The molecule has 0 fully saturated rings. The number of nitrogens with zero attached hydrogens (tertiary/aromatic N) is 1. The van der Waals surface area contributed by atoms with Crippen LogP contribution in [0.25, 0.3) is 0 Å². The van der Waals surface area contributed by atoms with Crippen molar-refractivity contribution in [2.45, 2.75) is 76.0 Å². The molecule has 2 amide bonds. The van der Waals surface area contributed by atoms with Crippen molar-refractivity contribution in [3.63, 3.8) is 0 Å². The van der Waals surface area contributed by atoms with E-state index in [1.54, 1.807) is 38.3 Å². The Bertz CT molecular complexity index is 1260. The molecule has 1 atom stereocenters. The summed E-state index contributed by atoms with van der Waals surface area (Å²) >= 11 is -1.20. The number of fused-ring (bicyclic) bond motifs is 3. The summed E-state index contributed by atoms with van der Waals surface area (Å²) < 4.78 is 18.9. The number of primary amides is 1. The van der Waals surface area contributed by atoms with E-state index in [-0.39, 0.29) is 5.54 Å². The number of hydrogen-bond acceptors (Lipinski definition) is 5. The second-order valence-electron chi connectivity index (χ2n) is 11.2. The number of amides is 2. The van der Waals surface area contributed by atoms with Gasteiger partial charge < -0.3 is 20.3 Å². The lowest BCUT2D eigenvalue weighted by Gasteiger charge is -2.31. The summed E-state index contributed by atoms with van der Waals surface area (Å²) in [5.74, 6) is -0.325. The first-order chi connectivity index (χ1) is 16.1. The number of carbonyl (C=O) groups is 2. The highest BCUT2D eigenvalue weighted by Crippen LogP contribution is 2.46. The zero-order valence-corrected chi connectivity index (χ0v) is 22.2. The highest BCUT2D eigenvalue weighted by molar-refractivity contribution is 7.90. The Morgan fingerprint density at radius 1 is 1.17 bits per heavy atom. The van der Waals surface area contributed by atoms with Gasteiger partial charge in [-0.15, -0.1) is 0 Å². The van der Waals surface area contributed by atoms with Crippen LogP contribution in [0.3, 0.4) is 0 Å². The number of nitrogens with one attached hydrogen (secondary N) is 1. The number of rotatable bonds is 5. The monoisotopic (exact) mass is 495 g/mol. The van der Waals surface area contributed by atoms with E-state index in [4.69, 9.17) is 15.5 Å². The van der Waals surface area contributed by atoms with E-state index in [9.17, 15) is 14.1 Å². The predicted molar refractivity (Wildman–Crippen MR) is 138 cm³/mol. The highest BCUT2D eigenvalue weighted by Gasteiger charge is 2.41. The van der Waals surface area contributed by atoms with Crippen LogP contribution in [0.2, 0.25) is 0 Å². The van der Waals surface area contributed by atoms with Crippen molar-refractivity contribution in [2.75, 3.05) is 6.26 Å². The quantitative estimate of drug-likeness (QED) is 0.619. The van der Waals surface area contributed by atoms with Crippen LogP contribution >= 0.6 is 0 Å². The lowest BCUT2D eigenvalue weighted by molar-refractivity contribution is -0.122. The first-order valence-electron chi connectivity index (χ1n) is 11.6. The van der Waals surface area contributed by atoms with Crippen molar-refractivity contribution < 1.29 is 18.9 Å². The van der Waals surface area contributed by atoms with Crippen LogP contribution in [0.15, 0.2) is 40.2 Å². The van der Waals surface area contributed by atoms with Crippen molar-refractivity contribution in [3.05, 3.63) is 58.1 Å². The fraction of sp³-hybridized carbons (Fsp3) is 0.444. The summed E-state index contributed by atoms with van der Waals surface area (Å²) in [7, 11) is 0. The molecule has 0 spiro atoms. The van der Waals surface area contributed by atoms with Gasteiger partial charge in [-0.1, -0.05) is 12.1 Å². The summed E-state index contributed by atoms with van der Waals surface area (Å²) in [5.41, 5.74) is 8.50. The molecule has 0 saturated heterocycles. The number of ether oxygens (including phenoxy) is 1. The maximum atomic E-state index is 13.0. The van der Waals surface area contributed by atoms with Crippen molar-refractivity contribution in [1.82, 2.24) is 5.32 Å². The fourth-order valence-electron chi connectivity index (χ4n) is 4.72. The summed E-state index contributed by atoms with van der Waals surface area (Å²) in [4.78, 5) is 30.5. The van der Waals surface area contributed by atoms with Crippen molar-refractivity contribution in [1.29, 1.82) is 0 Å². The molecule has 2 aliphatic heterocycles. The molecule has 0 saturated carbocycles. The van der Waals surface area contributed by atoms with Gasteiger partial charge in [0.05, 0.1) is 11.3 Å². The molecule has 4 rings (SSSR count). The summed E-state index contributed by atoms with van der Waals surface area (Å²) in [5, 5.41) is 2.70. The van der Waals surface area contributed by atoms with Gasteiger partial charge in [-0.3, -0.25) is 14.6 Å². The summed E-state index contributed by atoms with van der Waals surface area (Å²) in [6, 6.07) is 9.22. The largest absolute Gasteiger partial charge is 0.612 e. The third-order valence-electron chi connectivity index (χ3n) is 6.43. The van der Waals surface area contributed by atoms with Crippen LogP contribution in [0.1, 0.15) is 74.2 Å². The zero-order chi connectivity index (χ0) is 25.9.